The van der Waals surface area contributed by atoms with E-state index >= 15 is 0 Å². The van der Waals surface area contributed by atoms with Gasteiger partial charge in [0.15, 0.2) is 0 Å². The fourth-order valence-corrected chi connectivity index (χ4v) is 6.36. The maximum atomic E-state index is 13.4. The molecule has 2 aromatic rings. The summed E-state index contributed by atoms with van der Waals surface area (Å²) in [6.07, 6.45) is 4.63. The highest BCUT2D eigenvalue weighted by atomic mass is 32.2. The molecule has 3 unspecified atom stereocenters. The fraction of sp³-hybridized carbons (Fsp3) is 0.435. The van der Waals surface area contributed by atoms with Crippen molar-refractivity contribution >= 4 is 21.6 Å². The Kier molecular flexibility index (Phi) is 5.38. The average Bonchev–Trinajstić information content (AvgIpc) is 3.29. The molecule has 2 aromatic carbocycles. The molecule has 0 spiro atoms. The van der Waals surface area contributed by atoms with Crippen molar-refractivity contribution in [1.82, 2.24) is 5.32 Å². The Hall–Kier alpha value is -2.34. The summed E-state index contributed by atoms with van der Waals surface area (Å²) in [5.74, 6) is 1.03. The number of carbonyl (C=O) groups is 1. The number of hydrogen-bond acceptors (Lipinski definition) is 3. The third-order valence-electron chi connectivity index (χ3n) is 6.20. The maximum absolute atomic E-state index is 13.4. The zero-order chi connectivity index (χ0) is 20.6. The molecule has 4 rings (SSSR count). The van der Waals surface area contributed by atoms with Gasteiger partial charge in [0, 0.05) is 6.04 Å². The van der Waals surface area contributed by atoms with Gasteiger partial charge in [-0.2, -0.15) is 0 Å². The second-order valence-electron chi connectivity index (χ2n) is 8.52. The van der Waals surface area contributed by atoms with Crippen molar-refractivity contribution in [2.75, 3.05) is 10.8 Å². The van der Waals surface area contributed by atoms with Crippen LogP contribution in [0.15, 0.2) is 53.4 Å². The van der Waals surface area contributed by atoms with Crippen molar-refractivity contribution in [3.8, 4) is 0 Å². The van der Waals surface area contributed by atoms with E-state index in [9.17, 15) is 13.2 Å². The molecule has 2 bridgehead atoms. The van der Waals surface area contributed by atoms with E-state index < -0.39 is 10.0 Å². The third-order valence-corrected chi connectivity index (χ3v) is 7.99. The van der Waals surface area contributed by atoms with E-state index in [-0.39, 0.29) is 23.4 Å². The second kappa shape index (κ2) is 7.82. The van der Waals surface area contributed by atoms with E-state index in [4.69, 9.17) is 0 Å². The summed E-state index contributed by atoms with van der Waals surface area (Å²) in [4.78, 5) is 13.1. The number of rotatable bonds is 6. The first-order chi connectivity index (χ1) is 13.8. The Balaban J connectivity index is 1.62. The van der Waals surface area contributed by atoms with E-state index in [1.165, 1.54) is 23.6 Å². The van der Waals surface area contributed by atoms with E-state index in [1.54, 1.807) is 30.3 Å². The zero-order valence-corrected chi connectivity index (χ0v) is 17.8. The zero-order valence-electron chi connectivity index (χ0n) is 17.0. The number of hydrogen-bond donors (Lipinski definition) is 1. The number of sulfonamides is 1. The van der Waals surface area contributed by atoms with Crippen LogP contribution >= 0.6 is 0 Å². The predicted octanol–water partition coefficient (Wildman–Crippen LogP) is 3.80. The minimum atomic E-state index is -3.85. The van der Waals surface area contributed by atoms with Crippen LogP contribution in [0, 0.1) is 25.7 Å². The smallest absolute Gasteiger partial charge is 0.264 e. The topological polar surface area (TPSA) is 66.5 Å². The number of amides is 1. The van der Waals surface area contributed by atoms with E-state index in [1.807, 2.05) is 32.0 Å². The Morgan fingerprint density at radius 3 is 2.31 bits per heavy atom. The van der Waals surface area contributed by atoms with Crippen LogP contribution in [0.3, 0.4) is 0 Å². The first-order valence-corrected chi connectivity index (χ1v) is 11.7. The monoisotopic (exact) mass is 412 g/mol. The van der Waals surface area contributed by atoms with Gasteiger partial charge in [-0.3, -0.25) is 9.10 Å². The third kappa shape index (κ3) is 4.17. The highest BCUT2D eigenvalue weighted by Gasteiger charge is 2.40. The molecule has 0 radical (unpaired) electrons. The number of nitrogens with one attached hydrogen (secondary N) is 1. The normalized spacial score (nSPS) is 23.2. The summed E-state index contributed by atoms with van der Waals surface area (Å²) in [6, 6.07) is 14.1. The minimum Gasteiger partial charge on any atom is -0.352 e. The Labute approximate surface area is 173 Å². The summed E-state index contributed by atoms with van der Waals surface area (Å²) in [6.45, 7) is 3.65. The Morgan fingerprint density at radius 1 is 1.03 bits per heavy atom. The fourth-order valence-electron chi connectivity index (χ4n) is 4.93. The minimum absolute atomic E-state index is 0.182. The highest BCUT2D eigenvalue weighted by molar-refractivity contribution is 7.92. The molecule has 2 aliphatic carbocycles. The van der Waals surface area contributed by atoms with Gasteiger partial charge in [-0.15, -0.1) is 0 Å². The second-order valence-corrected chi connectivity index (χ2v) is 10.4. The molecule has 2 saturated carbocycles. The number of fused-ring (bicyclic) bond motifs is 2. The molecule has 0 saturated heterocycles. The molecular weight excluding hydrogens is 384 g/mol. The lowest BCUT2D eigenvalue weighted by molar-refractivity contribution is -0.120. The van der Waals surface area contributed by atoms with Crippen LogP contribution in [-0.2, 0) is 14.8 Å². The molecule has 29 heavy (non-hydrogen) atoms. The van der Waals surface area contributed by atoms with Crippen LogP contribution in [0.5, 0.6) is 0 Å². The molecule has 1 amide bonds. The van der Waals surface area contributed by atoms with Gasteiger partial charge >= 0.3 is 0 Å². The number of anilines is 1. The average molecular weight is 413 g/mol. The Bertz CT molecular complexity index is 984. The molecular formula is C23H28N2O3S. The van der Waals surface area contributed by atoms with Gasteiger partial charge in [-0.1, -0.05) is 30.7 Å². The van der Waals surface area contributed by atoms with Crippen LogP contribution in [-0.4, -0.2) is 26.9 Å². The van der Waals surface area contributed by atoms with Gasteiger partial charge in [-0.05, 0) is 80.3 Å². The predicted molar refractivity (Wildman–Crippen MR) is 114 cm³/mol. The van der Waals surface area contributed by atoms with Crippen molar-refractivity contribution in [3.63, 3.8) is 0 Å². The van der Waals surface area contributed by atoms with Gasteiger partial charge in [0.25, 0.3) is 10.0 Å². The highest BCUT2D eigenvalue weighted by Crippen LogP contribution is 2.44. The summed E-state index contributed by atoms with van der Waals surface area (Å²) < 4.78 is 28.0. The standard InChI is InChI=1S/C23H28N2O3S/c1-16-10-17(2)12-20(11-16)25(29(27,28)21-6-4-3-5-7-21)15-23(26)24-22-14-18-8-9-19(22)13-18/h3-7,10-12,18-19,22H,8-9,13-15H2,1-2H3,(H,24,26). The SMILES string of the molecule is Cc1cc(C)cc(N(CC(=O)NC2CC3CCC2C3)S(=O)(=O)c2ccccc2)c1. The van der Waals surface area contributed by atoms with Crippen LogP contribution in [0.25, 0.3) is 0 Å². The van der Waals surface area contributed by atoms with Gasteiger partial charge in [0.05, 0.1) is 10.6 Å². The van der Waals surface area contributed by atoms with Crippen molar-refractivity contribution in [2.45, 2.75) is 50.5 Å². The quantitative estimate of drug-likeness (QED) is 0.785. The lowest BCUT2D eigenvalue weighted by Gasteiger charge is -2.27. The molecule has 6 heteroatoms. The van der Waals surface area contributed by atoms with Crippen LogP contribution in [0.4, 0.5) is 5.69 Å². The number of benzene rings is 2. The molecule has 0 aliphatic heterocycles. The van der Waals surface area contributed by atoms with E-state index in [0.29, 0.717) is 17.5 Å². The van der Waals surface area contributed by atoms with Crippen molar-refractivity contribution < 1.29 is 13.2 Å². The summed E-state index contributed by atoms with van der Waals surface area (Å²) in [5.41, 5.74) is 2.44. The largest absolute Gasteiger partial charge is 0.352 e. The van der Waals surface area contributed by atoms with Gasteiger partial charge in [-0.25, -0.2) is 8.42 Å². The van der Waals surface area contributed by atoms with Crippen LogP contribution in [0.1, 0.15) is 36.8 Å². The van der Waals surface area contributed by atoms with Gasteiger partial charge in [0.1, 0.15) is 6.54 Å². The molecule has 154 valence electrons. The molecule has 2 fully saturated rings. The van der Waals surface area contributed by atoms with Crippen molar-refractivity contribution in [1.29, 1.82) is 0 Å². The van der Waals surface area contributed by atoms with Crippen LogP contribution in [0.2, 0.25) is 0 Å². The van der Waals surface area contributed by atoms with Gasteiger partial charge in [0.2, 0.25) is 5.91 Å². The maximum Gasteiger partial charge on any atom is 0.264 e. The van der Waals surface area contributed by atoms with Crippen molar-refractivity contribution in [2.24, 2.45) is 11.8 Å². The summed E-state index contributed by atoms with van der Waals surface area (Å²) in [7, 11) is -3.85. The summed E-state index contributed by atoms with van der Waals surface area (Å²) in [5, 5.41) is 3.12. The Morgan fingerprint density at radius 2 is 1.72 bits per heavy atom. The lowest BCUT2D eigenvalue weighted by atomic mass is 9.95. The molecule has 2 aliphatic rings. The van der Waals surface area contributed by atoms with Gasteiger partial charge < -0.3 is 5.32 Å². The molecule has 1 N–H and O–H groups in total. The number of carbonyl (C=O) groups excluding carboxylic acids is 1. The van der Waals surface area contributed by atoms with Crippen molar-refractivity contribution in [3.05, 3.63) is 59.7 Å². The van der Waals surface area contributed by atoms with E-state index in [0.717, 1.165) is 17.5 Å². The summed E-state index contributed by atoms with van der Waals surface area (Å²) >= 11 is 0. The molecule has 5 nitrogen and oxygen atoms in total. The molecule has 0 aromatic heterocycles. The first-order valence-electron chi connectivity index (χ1n) is 10.3. The van der Waals surface area contributed by atoms with E-state index in [2.05, 4.69) is 5.32 Å². The first kappa shape index (κ1) is 20.0. The van der Waals surface area contributed by atoms with Crippen LogP contribution < -0.4 is 9.62 Å². The molecule has 3 atom stereocenters. The number of aryl methyl sites for hydroxylation is 2. The molecule has 0 heterocycles. The lowest BCUT2D eigenvalue weighted by Crippen LogP contribution is -2.46. The number of nitrogens with zero attached hydrogens (tertiary/aromatic N) is 1.